The molecule has 0 N–H and O–H groups in total. The smallest absolute Gasteiger partial charge is 0.391 e. The number of carbonyl (C=O) groups is 3. The molecular formula is C25H29N5O4. The molecule has 3 aliphatic rings. The van der Waals surface area contributed by atoms with Gasteiger partial charge < -0.3 is 9.64 Å². The number of nitrogens with zero attached hydrogens (tertiary/aromatic N) is 5. The molecule has 3 amide bonds. The maximum absolute atomic E-state index is 12.8. The Hall–Kier alpha value is -3.33. The number of piperazine rings is 1. The largest absolute Gasteiger partial charge is 0.416 e. The molecule has 2 saturated heterocycles. The van der Waals surface area contributed by atoms with Crippen molar-refractivity contribution in [2.24, 2.45) is 11.8 Å². The molecular weight excluding hydrogens is 434 g/mol. The fourth-order valence-electron chi connectivity index (χ4n) is 5.12. The quantitative estimate of drug-likeness (QED) is 0.629. The van der Waals surface area contributed by atoms with E-state index in [4.69, 9.17) is 4.74 Å². The summed E-state index contributed by atoms with van der Waals surface area (Å²) in [5.74, 6) is -0.530. The molecule has 9 nitrogen and oxygen atoms in total. The molecule has 2 aliphatic heterocycles. The fourth-order valence-corrected chi connectivity index (χ4v) is 5.12. The molecule has 0 spiro atoms. The Labute approximate surface area is 198 Å². The molecule has 3 fully saturated rings. The van der Waals surface area contributed by atoms with Crippen molar-refractivity contribution in [2.45, 2.75) is 32.1 Å². The molecule has 178 valence electrons. The van der Waals surface area contributed by atoms with Crippen LogP contribution in [0.3, 0.4) is 0 Å². The minimum Gasteiger partial charge on any atom is -0.391 e. The van der Waals surface area contributed by atoms with E-state index in [-0.39, 0.29) is 29.5 Å². The maximum atomic E-state index is 12.8. The summed E-state index contributed by atoms with van der Waals surface area (Å²) in [4.78, 5) is 51.7. The normalized spacial score (nSPS) is 23.2. The summed E-state index contributed by atoms with van der Waals surface area (Å²) in [6, 6.07) is 7.18. The summed E-state index contributed by atoms with van der Waals surface area (Å²) in [5.41, 5.74) is 1.64. The van der Waals surface area contributed by atoms with Gasteiger partial charge in [0.2, 0.25) is 17.7 Å². The number of pyridine rings is 2. The van der Waals surface area contributed by atoms with Gasteiger partial charge in [-0.15, -0.1) is 0 Å². The number of hydrogen-bond acceptors (Lipinski definition) is 7. The van der Waals surface area contributed by atoms with Gasteiger partial charge in [0.05, 0.1) is 23.7 Å². The number of aromatic nitrogens is 2. The van der Waals surface area contributed by atoms with E-state index in [1.54, 1.807) is 23.2 Å². The van der Waals surface area contributed by atoms with E-state index in [0.29, 0.717) is 18.8 Å². The van der Waals surface area contributed by atoms with E-state index >= 15 is 0 Å². The van der Waals surface area contributed by atoms with Gasteiger partial charge in [0.1, 0.15) is 0 Å². The van der Waals surface area contributed by atoms with Gasteiger partial charge in [-0.1, -0.05) is 18.9 Å². The third-order valence-corrected chi connectivity index (χ3v) is 7.08. The van der Waals surface area contributed by atoms with Crippen LogP contribution in [-0.2, 0) is 16.0 Å². The van der Waals surface area contributed by atoms with Crippen LogP contribution in [0.4, 0.5) is 10.5 Å². The van der Waals surface area contributed by atoms with Gasteiger partial charge in [-0.25, -0.2) is 14.7 Å². The highest BCUT2D eigenvalue weighted by atomic mass is 16.6. The second kappa shape index (κ2) is 9.89. The Morgan fingerprint density at radius 3 is 2.32 bits per heavy atom. The number of rotatable bonds is 5. The molecule has 0 bridgehead atoms. The molecule has 9 heteroatoms. The number of fused-ring (bicyclic) bond motifs is 1. The summed E-state index contributed by atoms with van der Waals surface area (Å²) in [5, 5.41) is 0. The SMILES string of the molecule is O=C(Oc1ccc(N2C(=O)C3CCCCC3C2=O)cn1)N1CCN(CCc2cccnc2)CC1. The number of imide groups is 1. The van der Waals surface area contributed by atoms with Gasteiger partial charge in [-0.3, -0.25) is 19.5 Å². The first-order chi connectivity index (χ1) is 16.6. The lowest BCUT2D eigenvalue weighted by atomic mass is 9.81. The second-order valence-corrected chi connectivity index (χ2v) is 9.17. The topological polar surface area (TPSA) is 95.9 Å². The Morgan fingerprint density at radius 1 is 0.971 bits per heavy atom. The summed E-state index contributed by atoms with van der Waals surface area (Å²) >= 11 is 0. The van der Waals surface area contributed by atoms with Crippen LogP contribution in [0.15, 0.2) is 42.9 Å². The molecule has 2 unspecified atom stereocenters. The van der Waals surface area contributed by atoms with Crippen molar-refractivity contribution in [3.63, 3.8) is 0 Å². The molecule has 1 aliphatic carbocycles. The van der Waals surface area contributed by atoms with Crippen LogP contribution in [0, 0.1) is 11.8 Å². The lowest BCUT2D eigenvalue weighted by molar-refractivity contribution is -0.122. The highest BCUT2D eigenvalue weighted by Crippen LogP contribution is 2.40. The first kappa shape index (κ1) is 22.5. The maximum Gasteiger partial charge on any atom is 0.416 e. The van der Waals surface area contributed by atoms with Crippen molar-refractivity contribution in [1.82, 2.24) is 19.8 Å². The summed E-state index contributed by atoms with van der Waals surface area (Å²) in [7, 11) is 0. The number of amides is 3. The average Bonchev–Trinajstić information content (AvgIpc) is 3.14. The zero-order valence-electron chi connectivity index (χ0n) is 19.1. The molecule has 2 aromatic heterocycles. The zero-order valence-corrected chi connectivity index (χ0v) is 19.1. The van der Waals surface area contributed by atoms with Gasteiger partial charge in [-0.05, 0) is 37.0 Å². The average molecular weight is 464 g/mol. The standard InChI is InChI=1S/C25H29N5O4/c31-23-20-5-1-2-6-21(20)24(32)30(23)19-7-8-22(27-17-19)34-25(33)29-14-12-28(13-15-29)11-9-18-4-3-10-26-16-18/h3-4,7-8,10,16-17,20-21H,1-2,5-6,9,11-15H2. The summed E-state index contributed by atoms with van der Waals surface area (Å²) in [6.45, 7) is 3.66. The first-order valence-corrected chi connectivity index (χ1v) is 12.0. The molecule has 2 aromatic rings. The lowest BCUT2D eigenvalue weighted by Crippen LogP contribution is -2.50. The van der Waals surface area contributed by atoms with Crippen LogP contribution in [0.5, 0.6) is 5.88 Å². The van der Waals surface area contributed by atoms with Crippen molar-refractivity contribution >= 4 is 23.6 Å². The van der Waals surface area contributed by atoms with Crippen LogP contribution in [0.25, 0.3) is 0 Å². The number of carbonyl (C=O) groups excluding carboxylic acids is 3. The molecule has 4 heterocycles. The number of hydrogen-bond donors (Lipinski definition) is 0. The minimum atomic E-state index is -0.438. The monoisotopic (exact) mass is 463 g/mol. The van der Waals surface area contributed by atoms with E-state index in [9.17, 15) is 14.4 Å². The highest BCUT2D eigenvalue weighted by molar-refractivity contribution is 6.22. The Kier molecular flexibility index (Phi) is 6.53. The van der Waals surface area contributed by atoms with Crippen molar-refractivity contribution in [3.05, 3.63) is 48.4 Å². The number of ether oxygens (including phenoxy) is 1. The summed E-state index contributed by atoms with van der Waals surface area (Å²) in [6.07, 6.45) is 9.09. The zero-order chi connectivity index (χ0) is 23.5. The molecule has 34 heavy (non-hydrogen) atoms. The highest BCUT2D eigenvalue weighted by Gasteiger charge is 2.48. The third-order valence-electron chi connectivity index (χ3n) is 7.08. The van der Waals surface area contributed by atoms with Gasteiger partial charge in [0.15, 0.2) is 0 Å². The predicted octanol–water partition coefficient (Wildman–Crippen LogP) is 2.52. The van der Waals surface area contributed by atoms with E-state index < -0.39 is 6.09 Å². The van der Waals surface area contributed by atoms with E-state index in [2.05, 4.69) is 20.9 Å². The predicted molar refractivity (Wildman–Crippen MR) is 124 cm³/mol. The van der Waals surface area contributed by atoms with E-state index in [0.717, 1.165) is 51.7 Å². The van der Waals surface area contributed by atoms with E-state index in [1.165, 1.54) is 16.7 Å². The van der Waals surface area contributed by atoms with E-state index in [1.807, 2.05) is 12.3 Å². The van der Waals surface area contributed by atoms with Crippen molar-refractivity contribution in [1.29, 1.82) is 0 Å². The lowest BCUT2D eigenvalue weighted by Gasteiger charge is -2.33. The van der Waals surface area contributed by atoms with Crippen molar-refractivity contribution in [3.8, 4) is 5.88 Å². The number of anilines is 1. The Morgan fingerprint density at radius 2 is 1.71 bits per heavy atom. The van der Waals surface area contributed by atoms with Crippen molar-refractivity contribution < 1.29 is 19.1 Å². The van der Waals surface area contributed by atoms with Gasteiger partial charge in [-0.2, -0.15) is 0 Å². The van der Waals surface area contributed by atoms with Gasteiger partial charge in [0.25, 0.3) is 0 Å². The molecule has 2 atom stereocenters. The van der Waals surface area contributed by atoms with Crippen LogP contribution < -0.4 is 9.64 Å². The van der Waals surface area contributed by atoms with Crippen LogP contribution >= 0.6 is 0 Å². The van der Waals surface area contributed by atoms with Crippen LogP contribution in [0.2, 0.25) is 0 Å². The third kappa shape index (κ3) is 4.65. The van der Waals surface area contributed by atoms with Crippen LogP contribution in [0.1, 0.15) is 31.2 Å². The molecule has 1 saturated carbocycles. The van der Waals surface area contributed by atoms with Crippen molar-refractivity contribution in [2.75, 3.05) is 37.6 Å². The Balaban J connectivity index is 1.12. The fraction of sp³-hybridized carbons (Fsp3) is 0.480. The van der Waals surface area contributed by atoms with Gasteiger partial charge in [0, 0.05) is 51.2 Å². The molecule has 0 aromatic carbocycles. The molecule has 0 radical (unpaired) electrons. The Bertz CT molecular complexity index is 1010. The first-order valence-electron chi connectivity index (χ1n) is 12.0. The molecule has 5 rings (SSSR count). The summed E-state index contributed by atoms with van der Waals surface area (Å²) < 4.78 is 5.45. The second-order valence-electron chi connectivity index (χ2n) is 9.17. The van der Waals surface area contributed by atoms with Gasteiger partial charge >= 0.3 is 6.09 Å². The minimum absolute atomic E-state index is 0.136. The van der Waals surface area contributed by atoms with Crippen LogP contribution in [-0.4, -0.2) is 70.4 Å².